The minimum atomic E-state index is -0.891. The van der Waals surface area contributed by atoms with Crippen molar-refractivity contribution in [3.05, 3.63) is 47.0 Å². The molecule has 0 unspecified atom stereocenters. The summed E-state index contributed by atoms with van der Waals surface area (Å²) in [6, 6.07) is 7.71. The SMILES string of the molecule is COc1cc(Cl)ccc1-c1nc2cc(F)c(F)cc2n1CC1CCCC1. The van der Waals surface area contributed by atoms with Crippen molar-refractivity contribution in [1.82, 2.24) is 9.55 Å². The zero-order valence-corrected chi connectivity index (χ0v) is 15.2. The Labute approximate surface area is 155 Å². The molecule has 26 heavy (non-hydrogen) atoms. The van der Waals surface area contributed by atoms with E-state index in [-0.39, 0.29) is 0 Å². The molecule has 1 aliphatic carbocycles. The number of hydrogen-bond donors (Lipinski definition) is 0. The molecule has 0 spiro atoms. The zero-order valence-electron chi connectivity index (χ0n) is 14.4. The van der Waals surface area contributed by atoms with Crippen molar-refractivity contribution in [2.45, 2.75) is 32.2 Å². The van der Waals surface area contributed by atoms with Crippen LogP contribution in [0.4, 0.5) is 8.78 Å². The van der Waals surface area contributed by atoms with Gasteiger partial charge in [-0.05, 0) is 37.0 Å². The van der Waals surface area contributed by atoms with E-state index < -0.39 is 11.6 Å². The van der Waals surface area contributed by atoms with Gasteiger partial charge in [0.15, 0.2) is 11.6 Å². The van der Waals surface area contributed by atoms with E-state index in [1.807, 2.05) is 10.6 Å². The highest BCUT2D eigenvalue weighted by molar-refractivity contribution is 6.30. The van der Waals surface area contributed by atoms with Crippen molar-refractivity contribution < 1.29 is 13.5 Å². The fourth-order valence-corrected chi connectivity index (χ4v) is 3.97. The standard InChI is InChI=1S/C20H19ClF2N2O/c1-26-19-8-13(21)6-7-14(19)20-24-17-9-15(22)16(23)10-18(17)25(20)11-12-4-2-3-5-12/h6-10,12H,2-5,11H2,1H3. The Hall–Kier alpha value is -2.14. The molecule has 1 heterocycles. The summed E-state index contributed by atoms with van der Waals surface area (Å²) in [7, 11) is 1.57. The molecule has 0 aliphatic heterocycles. The second-order valence-electron chi connectivity index (χ2n) is 6.80. The normalized spacial score (nSPS) is 15.1. The van der Waals surface area contributed by atoms with Gasteiger partial charge in [-0.3, -0.25) is 0 Å². The highest BCUT2D eigenvalue weighted by atomic mass is 35.5. The summed E-state index contributed by atoms with van der Waals surface area (Å²) in [6.45, 7) is 0.725. The Kier molecular flexibility index (Phi) is 4.57. The Morgan fingerprint density at radius 3 is 2.62 bits per heavy atom. The summed E-state index contributed by atoms with van der Waals surface area (Å²) in [6.07, 6.45) is 4.70. The van der Waals surface area contributed by atoms with Gasteiger partial charge in [-0.1, -0.05) is 24.4 Å². The van der Waals surface area contributed by atoms with E-state index in [9.17, 15) is 8.78 Å². The third kappa shape index (κ3) is 3.05. The van der Waals surface area contributed by atoms with Crippen molar-refractivity contribution in [1.29, 1.82) is 0 Å². The van der Waals surface area contributed by atoms with Crippen molar-refractivity contribution in [3.63, 3.8) is 0 Å². The van der Waals surface area contributed by atoms with Crippen molar-refractivity contribution in [2.75, 3.05) is 7.11 Å². The van der Waals surface area contributed by atoms with Gasteiger partial charge in [0.2, 0.25) is 0 Å². The second kappa shape index (κ2) is 6.88. The van der Waals surface area contributed by atoms with Gasteiger partial charge < -0.3 is 9.30 Å². The summed E-state index contributed by atoms with van der Waals surface area (Å²) in [5, 5.41) is 0.557. The summed E-state index contributed by atoms with van der Waals surface area (Å²) < 4.78 is 35.1. The van der Waals surface area contributed by atoms with Gasteiger partial charge in [0, 0.05) is 23.7 Å². The van der Waals surface area contributed by atoms with Crippen LogP contribution < -0.4 is 4.74 Å². The lowest BCUT2D eigenvalue weighted by Crippen LogP contribution is -2.09. The lowest BCUT2D eigenvalue weighted by molar-refractivity contribution is 0.415. The molecule has 0 bridgehead atoms. The molecule has 0 amide bonds. The molecule has 4 rings (SSSR count). The lowest BCUT2D eigenvalue weighted by Gasteiger charge is -2.16. The third-order valence-electron chi connectivity index (χ3n) is 5.11. The summed E-state index contributed by atoms with van der Waals surface area (Å²) in [5.74, 6) is -0.0123. The Bertz CT molecular complexity index is 964. The summed E-state index contributed by atoms with van der Waals surface area (Å²) in [5.41, 5.74) is 1.80. The number of imidazole rings is 1. The highest BCUT2D eigenvalue weighted by Gasteiger charge is 2.22. The van der Waals surface area contributed by atoms with Crippen LogP contribution in [-0.4, -0.2) is 16.7 Å². The van der Waals surface area contributed by atoms with Crippen LogP contribution in [0.2, 0.25) is 5.02 Å². The van der Waals surface area contributed by atoms with Gasteiger partial charge in [-0.25, -0.2) is 13.8 Å². The number of benzene rings is 2. The Morgan fingerprint density at radius 1 is 1.15 bits per heavy atom. The number of halogens is 3. The van der Waals surface area contributed by atoms with Gasteiger partial charge in [-0.15, -0.1) is 0 Å². The molecule has 3 nitrogen and oxygen atoms in total. The first-order chi connectivity index (χ1) is 12.6. The molecular formula is C20H19ClF2N2O. The molecule has 0 radical (unpaired) electrons. The summed E-state index contributed by atoms with van der Waals surface area (Å²) >= 11 is 6.07. The number of rotatable bonds is 4. The van der Waals surface area contributed by atoms with E-state index >= 15 is 0 Å². The number of aromatic nitrogens is 2. The predicted octanol–water partition coefficient (Wildman–Crippen LogP) is 5.83. The minimum absolute atomic E-state index is 0.439. The van der Waals surface area contributed by atoms with Crippen LogP contribution in [0.5, 0.6) is 5.75 Å². The Balaban J connectivity index is 1.92. The molecule has 1 aromatic heterocycles. The van der Waals surface area contributed by atoms with E-state index in [1.165, 1.54) is 18.9 Å². The fraction of sp³-hybridized carbons (Fsp3) is 0.350. The minimum Gasteiger partial charge on any atom is -0.496 e. The van der Waals surface area contributed by atoms with Crippen molar-refractivity contribution in [3.8, 4) is 17.1 Å². The van der Waals surface area contributed by atoms with Crippen LogP contribution in [-0.2, 0) is 6.54 Å². The predicted molar refractivity (Wildman–Crippen MR) is 98.6 cm³/mol. The third-order valence-corrected chi connectivity index (χ3v) is 5.35. The van der Waals surface area contributed by atoms with E-state index in [2.05, 4.69) is 4.98 Å². The van der Waals surface area contributed by atoms with Gasteiger partial charge in [0.25, 0.3) is 0 Å². The first-order valence-electron chi connectivity index (χ1n) is 8.76. The molecule has 1 saturated carbocycles. The fourth-order valence-electron chi connectivity index (χ4n) is 3.81. The molecule has 0 atom stereocenters. The monoisotopic (exact) mass is 376 g/mol. The molecule has 3 aromatic rings. The topological polar surface area (TPSA) is 27.1 Å². The second-order valence-corrected chi connectivity index (χ2v) is 7.23. The van der Waals surface area contributed by atoms with Crippen LogP contribution in [0.3, 0.4) is 0 Å². The van der Waals surface area contributed by atoms with Gasteiger partial charge >= 0.3 is 0 Å². The van der Waals surface area contributed by atoms with Gasteiger partial charge in [-0.2, -0.15) is 0 Å². The van der Waals surface area contributed by atoms with Crippen LogP contribution in [0.15, 0.2) is 30.3 Å². The maximum absolute atomic E-state index is 13.9. The summed E-state index contributed by atoms with van der Waals surface area (Å²) in [4.78, 5) is 4.60. The molecule has 0 saturated heterocycles. The maximum atomic E-state index is 13.9. The molecule has 6 heteroatoms. The van der Waals surface area contributed by atoms with E-state index in [0.717, 1.165) is 31.0 Å². The van der Waals surface area contributed by atoms with E-state index in [1.54, 1.807) is 19.2 Å². The highest BCUT2D eigenvalue weighted by Crippen LogP contribution is 2.36. The number of fused-ring (bicyclic) bond motifs is 1. The van der Waals surface area contributed by atoms with Gasteiger partial charge in [0.1, 0.15) is 11.6 Å². The average molecular weight is 377 g/mol. The number of hydrogen-bond acceptors (Lipinski definition) is 2. The van der Waals surface area contributed by atoms with Crippen LogP contribution >= 0.6 is 11.6 Å². The van der Waals surface area contributed by atoms with Crippen LogP contribution in [0.25, 0.3) is 22.4 Å². The lowest BCUT2D eigenvalue weighted by atomic mass is 10.1. The van der Waals surface area contributed by atoms with Crippen LogP contribution in [0.1, 0.15) is 25.7 Å². The molecular weight excluding hydrogens is 358 g/mol. The first kappa shape index (κ1) is 17.3. The van der Waals surface area contributed by atoms with Crippen molar-refractivity contribution in [2.24, 2.45) is 5.92 Å². The Morgan fingerprint density at radius 2 is 1.88 bits per heavy atom. The first-order valence-corrected chi connectivity index (χ1v) is 9.14. The molecule has 2 aromatic carbocycles. The van der Waals surface area contributed by atoms with E-state index in [0.29, 0.717) is 33.5 Å². The quantitative estimate of drug-likeness (QED) is 0.572. The van der Waals surface area contributed by atoms with Crippen LogP contribution in [0, 0.1) is 17.6 Å². The largest absolute Gasteiger partial charge is 0.496 e. The zero-order chi connectivity index (χ0) is 18.3. The number of nitrogens with zero attached hydrogens (tertiary/aromatic N) is 2. The molecule has 0 N–H and O–H groups in total. The molecule has 1 fully saturated rings. The van der Waals surface area contributed by atoms with E-state index in [4.69, 9.17) is 16.3 Å². The maximum Gasteiger partial charge on any atom is 0.161 e. The average Bonchev–Trinajstić information content (AvgIpc) is 3.25. The number of ether oxygens (including phenoxy) is 1. The van der Waals surface area contributed by atoms with Gasteiger partial charge in [0.05, 0.1) is 23.7 Å². The molecule has 1 aliphatic rings. The smallest absolute Gasteiger partial charge is 0.161 e. The number of methoxy groups -OCH3 is 1. The van der Waals surface area contributed by atoms with Crippen molar-refractivity contribution >= 4 is 22.6 Å². The molecule has 136 valence electrons.